The lowest BCUT2D eigenvalue weighted by molar-refractivity contribution is 0.0315. The second-order valence-electron chi connectivity index (χ2n) is 6.60. The molecule has 1 aromatic rings. The molecule has 0 aromatic carbocycles. The van der Waals surface area contributed by atoms with Crippen LogP contribution in [0, 0.1) is 12.8 Å². The smallest absolute Gasteiger partial charge is 0.193 e. The molecule has 6 nitrogen and oxygen atoms in total. The van der Waals surface area contributed by atoms with E-state index in [4.69, 9.17) is 4.74 Å². The van der Waals surface area contributed by atoms with Gasteiger partial charge in [-0.3, -0.25) is 9.89 Å². The number of aliphatic imine (C=N–C) groups is 1. The Balaban J connectivity index is 0.00000225. The zero-order valence-corrected chi connectivity index (χ0v) is 18.4. The molecule has 3 rings (SSSR count). The molecule has 0 bridgehead atoms. The van der Waals surface area contributed by atoms with Gasteiger partial charge in [-0.15, -0.1) is 35.3 Å². The Morgan fingerprint density at radius 2 is 2.20 bits per heavy atom. The molecule has 0 aliphatic carbocycles. The maximum atomic E-state index is 5.44. The maximum Gasteiger partial charge on any atom is 0.193 e. The quantitative estimate of drug-likeness (QED) is 0.397. The summed E-state index contributed by atoms with van der Waals surface area (Å²) in [6.45, 7) is 10.3. The fraction of sp³-hybridized carbons (Fsp3) is 0.765. The number of ether oxygens (including phenoxy) is 1. The number of rotatable bonds is 5. The van der Waals surface area contributed by atoms with Gasteiger partial charge in [0, 0.05) is 63.8 Å². The van der Waals surface area contributed by atoms with E-state index in [1.807, 2.05) is 13.2 Å². The van der Waals surface area contributed by atoms with E-state index >= 15 is 0 Å². The van der Waals surface area contributed by atoms with Crippen LogP contribution >= 0.6 is 35.3 Å². The summed E-state index contributed by atoms with van der Waals surface area (Å²) in [5.74, 6) is 1.77. The largest absolute Gasteiger partial charge is 0.379 e. The minimum Gasteiger partial charge on any atom is -0.379 e. The van der Waals surface area contributed by atoms with Crippen LogP contribution in [0.25, 0.3) is 0 Å². The number of nitrogens with zero attached hydrogens (tertiary/aromatic N) is 4. The van der Waals surface area contributed by atoms with Gasteiger partial charge < -0.3 is 15.0 Å². The first-order valence-electron chi connectivity index (χ1n) is 8.91. The third-order valence-corrected chi connectivity index (χ3v) is 5.68. The second kappa shape index (κ2) is 10.6. The molecule has 1 unspecified atom stereocenters. The van der Waals surface area contributed by atoms with Crippen LogP contribution in [-0.2, 0) is 11.2 Å². The van der Waals surface area contributed by atoms with Crippen LogP contribution in [0.1, 0.15) is 16.3 Å². The van der Waals surface area contributed by atoms with Crippen molar-refractivity contribution >= 4 is 41.3 Å². The van der Waals surface area contributed by atoms with Gasteiger partial charge in [0.2, 0.25) is 0 Å². The van der Waals surface area contributed by atoms with Gasteiger partial charge in [-0.1, -0.05) is 0 Å². The Morgan fingerprint density at radius 3 is 2.88 bits per heavy atom. The molecule has 142 valence electrons. The maximum absolute atomic E-state index is 5.44. The second-order valence-corrected chi connectivity index (χ2v) is 7.92. The zero-order valence-electron chi connectivity index (χ0n) is 15.2. The molecule has 0 saturated carbocycles. The fourth-order valence-corrected chi connectivity index (χ4v) is 4.24. The van der Waals surface area contributed by atoms with Gasteiger partial charge >= 0.3 is 0 Å². The predicted octanol–water partition coefficient (Wildman–Crippen LogP) is 1.84. The van der Waals surface area contributed by atoms with Gasteiger partial charge in [-0.05, 0) is 19.3 Å². The summed E-state index contributed by atoms with van der Waals surface area (Å²) in [4.78, 5) is 15.1. The SMILES string of the molecule is CN=C(NCCc1ncc(C)s1)N1CCC(CN2CCOCC2)C1.I. The highest BCUT2D eigenvalue weighted by Crippen LogP contribution is 2.18. The number of aryl methyl sites for hydroxylation is 1. The van der Waals surface area contributed by atoms with Crippen molar-refractivity contribution in [3.8, 4) is 0 Å². The zero-order chi connectivity index (χ0) is 16.8. The number of aromatic nitrogens is 1. The topological polar surface area (TPSA) is 53.0 Å². The number of guanidine groups is 1. The summed E-state index contributed by atoms with van der Waals surface area (Å²) in [7, 11) is 1.88. The molecule has 0 radical (unpaired) electrons. The molecule has 2 fully saturated rings. The van der Waals surface area contributed by atoms with Crippen molar-refractivity contribution in [3.05, 3.63) is 16.1 Å². The summed E-state index contributed by atoms with van der Waals surface area (Å²) >= 11 is 1.78. The van der Waals surface area contributed by atoms with Crippen LogP contribution in [0.4, 0.5) is 0 Å². The third kappa shape index (κ3) is 6.33. The number of halogens is 1. The van der Waals surface area contributed by atoms with E-state index in [0.717, 1.165) is 64.2 Å². The molecule has 2 saturated heterocycles. The molecular formula is C17H30IN5OS. The highest BCUT2D eigenvalue weighted by molar-refractivity contribution is 14.0. The summed E-state index contributed by atoms with van der Waals surface area (Å²) in [5, 5.41) is 4.70. The van der Waals surface area contributed by atoms with Crippen LogP contribution in [0.5, 0.6) is 0 Å². The van der Waals surface area contributed by atoms with Gasteiger partial charge in [0.25, 0.3) is 0 Å². The van der Waals surface area contributed by atoms with Crippen LogP contribution in [0.15, 0.2) is 11.2 Å². The number of hydrogen-bond acceptors (Lipinski definition) is 5. The Morgan fingerprint density at radius 1 is 1.40 bits per heavy atom. The highest BCUT2D eigenvalue weighted by Gasteiger charge is 2.26. The first kappa shape index (κ1) is 20.9. The van der Waals surface area contributed by atoms with Crippen molar-refractivity contribution < 1.29 is 4.74 Å². The molecule has 1 atom stereocenters. The van der Waals surface area contributed by atoms with Gasteiger partial charge in [0.15, 0.2) is 5.96 Å². The molecule has 1 N–H and O–H groups in total. The van der Waals surface area contributed by atoms with E-state index in [0.29, 0.717) is 0 Å². The van der Waals surface area contributed by atoms with Crippen LogP contribution in [0.2, 0.25) is 0 Å². The lowest BCUT2D eigenvalue weighted by Gasteiger charge is -2.29. The molecule has 2 aliphatic heterocycles. The van der Waals surface area contributed by atoms with Crippen molar-refractivity contribution in [2.45, 2.75) is 19.8 Å². The number of likely N-dealkylation sites (tertiary alicyclic amines) is 1. The average molecular weight is 479 g/mol. The monoisotopic (exact) mass is 479 g/mol. The van der Waals surface area contributed by atoms with Crippen molar-refractivity contribution in [2.75, 3.05) is 59.5 Å². The van der Waals surface area contributed by atoms with Gasteiger partial charge in [0.1, 0.15) is 0 Å². The van der Waals surface area contributed by atoms with E-state index in [1.165, 1.54) is 22.9 Å². The van der Waals surface area contributed by atoms with Crippen molar-refractivity contribution in [3.63, 3.8) is 0 Å². The van der Waals surface area contributed by atoms with E-state index in [9.17, 15) is 0 Å². The lowest BCUT2D eigenvalue weighted by atomic mass is 10.1. The Hall–Kier alpha value is -0.450. The van der Waals surface area contributed by atoms with Gasteiger partial charge in [-0.25, -0.2) is 4.98 Å². The highest BCUT2D eigenvalue weighted by atomic mass is 127. The van der Waals surface area contributed by atoms with Crippen molar-refractivity contribution in [2.24, 2.45) is 10.9 Å². The minimum absolute atomic E-state index is 0. The first-order valence-corrected chi connectivity index (χ1v) is 9.73. The Labute approximate surface area is 172 Å². The number of nitrogens with one attached hydrogen (secondary N) is 1. The van der Waals surface area contributed by atoms with E-state index in [-0.39, 0.29) is 24.0 Å². The number of morpholine rings is 1. The minimum atomic E-state index is 0. The molecule has 0 spiro atoms. The molecule has 3 heterocycles. The fourth-order valence-electron chi connectivity index (χ4n) is 3.45. The summed E-state index contributed by atoms with van der Waals surface area (Å²) < 4.78 is 5.44. The Bertz CT molecular complexity index is 547. The van der Waals surface area contributed by atoms with Crippen LogP contribution < -0.4 is 5.32 Å². The molecule has 8 heteroatoms. The van der Waals surface area contributed by atoms with Crippen LogP contribution in [0.3, 0.4) is 0 Å². The van der Waals surface area contributed by atoms with Crippen molar-refractivity contribution in [1.82, 2.24) is 20.1 Å². The summed E-state index contributed by atoms with van der Waals surface area (Å²) in [5.41, 5.74) is 0. The predicted molar refractivity (Wildman–Crippen MR) is 114 cm³/mol. The van der Waals surface area contributed by atoms with E-state index in [1.54, 1.807) is 11.3 Å². The lowest BCUT2D eigenvalue weighted by Crippen LogP contribution is -2.42. The first-order chi connectivity index (χ1) is 11.7. The molecule has 0 amide bonds. The van der Waals surface area contributed by atoms with Gasteiger partial charge in [0.05, 0.1) is 18.2 Å². The number of hydrogen-bond donors (Lipinski definition) is 1. The molecule has 2 aliphatic rings. The summed E-state index contributed by atoms with van der Waals surface area (Å²) in [6, 6.07) is 0. The normalized spacial score (nSPS) is 22.1. The number of thiazole rings is 1. The van der Waals surface area contributed by atoms with E-state index < -0.39 is 0 Å². The molecule has 25 heavy (non-hydrogen) atoms. The van der Waals surface area contributed by atoms with E-state index in [2.05, 4.69) is 32.0 Å². The molecular weight excluding hydrogens is 449 g/mol. The average Bonchev–Trinajstić information content (AvgIpc) is 3.22. The van der Waals surface area contributed by atoms with Crippen molar-refractivity contribution in [1.29, 1.82) is 0 Å². The standard InChI is InChI=1S/C17H29N5OS.HI/c1-14-11-20-16(24-14)3-5-19-17(18-2)22-6-4-15(13-22)12-21-7-9-23-10-8-21;/h11,15H,3-10,12-13H2,1-2H3,(H,18,19);1H. The van der Waals surface area contributed by atoms with Crippen LogP contribution in [-0.4, -0.2) is 80.3 Å². The Kier molecular flexibility index (Phi) is 8.88. The summed E-state index contributed by atoms with van der Waals surface area (Å²) in [6.07, 6.45) is 4.16. The molecule has 1 aromatic heterocycles. The van der Waals surface area contributed by atoms with Gasteiger partial charge in [-0.2, -0.15) is 0 Å². The third-order valence-electron chi connectivity index (χ3n) is 4.71.